The zero-order valence-corrected chi connectivity index (χ0v) is 21.9. The third kappa shape index (κ3) is 6.21. The van der Waals surface area contributed by atoms with Gasteiger partial charge in [-0.05, 0) is 62.8 Å². The molecule has 4 heterocycles. The Morgan fingerprint density at radius 2 is 1.95 bits per heavy atom. The number of rotatable bonds is 11. The van der Waals surface area contributed by atoms with Gasteiger partial charge in [-0.1, -0.05) is 16.8 Å². The summed E-state index contributed by atoms with van der Waals surface area (Å²) in [7, 11) is 0. The molecule has 2 fully saturated rings. The monoisotopic (exact) mass is 534 g/mol. The molecule has 1 aromatic carbocycles. The van der Waals surface area contributed by atoms with Crippen molar-refractivity contribution >= 4 is 40.1 Å². The average molecular weight is 535 g/mol. The van der Waals surface area contributed by atoms with Gasteiger partial charge in [0.1, 0.15) is 12.3 Å². The van der Waals surface area contributed by atoms with Gasteiger partial charge < -0.3 is 20.3 Å². The number of anilines is 3. The molecule has 0 atom stereocenters. The summed E-state index contributed by atoms with van der Waals surface area (Å²) in [6, 6.07) is 8.48. The molecule has 0 bridgehead atoms. The van der Waals surface area contributed by atoms with Gasteiger partial charge in [0.25, 0.3) is 0 Å². The Balaban J connectivity index is 1.02. The van der Waals surface area contributed by atoms with E-state index in [1.807, 2.05) is 35.1 Å². The van der Waals surface area contributed by atoms with Gasteiger partial charge in [0, 0.05) is 54.5 Å². The fraction of sp³-hybridized carbons (Fsp3) is 0.462. The Morgan fingerprint density at radius 1 is 1.05 bits per heavy atom. The highest BCUT2D eigenvalue weighted by atomic mass is 35.5. The zero-order valence-electron chi connectivity index (χ0n) is 21.2. The van der Waals surface area contributed by atoms with Crippen molar-refractivity contribution in [2.24, 2.45) is 0 Å². The van der Waals surface area contributed by atoms with Gasteiger partial charge in [-0.2, -0.15) is 15.0 Å². The van der Waals surface area contributed by atoms with Crippen LogP contribution in [0.5, 0.6) is 6.01 Å². The summed E-state index contributed by atoms with van der Waals surface area (Å²) >= 11 is 6.09. The third-order valence-electron chi connectivity index (χ3n) is 6.67. The quantitative estimate of drug-likeness (QED) is 0.269. The SMILES string of the molecule is Clc1ccc2c(NCCCn3cc(COc4nc(NC5CC5)nc(N5CCCCC5)n4)nn3)ccnc2c1. The second-order valence-corrected chi connectivity index (χ2v) is 10.2. The highest BCUT2D eigenvalue weighted by molar-refractivity contribution is 6.31. The smallest absolute Gasteiger partial charge is 0.323 e. The van der Waals surface area contributed by atoms with E-state index in [1.165, 1.54) is 6.42 Å². The fourth-order valence-electron chi connectivity index (χ4n) is 4.51. The molecule has 38 heavy (non-hydrogen) atoms. The second-order valence-electron chi connectivity index (χ2n) is 9.77. The predicted octanol–water partition coefficient (Wildman–Crippen LogP) is 4.31. The molecule has 3 aromatic heterocycles. The highest BCUT2D eigenvalue weighted by Gasteiger charge is 2.24. The number of nitrogens with zero attached hydrogens (tertiary/aromatic N) is 8. The Morgan fingerprint density at radius 3 is 2.82 bits per heavy atom. The Labute approximate surface area is 226 Å². The van der Waals surface area contributed by atoms with Crippen molar-refractivity contribution in [2.45, 2.75) is 57.7 Å². The number of piperidine rings is 1. The molecule has 1 aliphatic heterocycles. The van der Waals surface area contributed by atoms with Crippen LogP contribution < -0.4 is 20.3 Å². The molecule has 0 unspecified atom stereocenters. The minimum absolute atomic E-state index is 0.246. The number of nitrogens with one attached hydrogen (secondary N) is 2. The van der Waals surface area contributed by atoms with Crippen LogP contribution in [0.15, 0.2) is 36.7 Å². The first kappa shape index (κ1) is 24.6. The third-order valence-corrected chi connectivity index (χ3v) is 6.91. The molecule has 0 spiro atoms. The van der Waals surface area contributed by atoms with Crippen LogP contribution in [0.4, 0.5) is 17.6 Å². The molecule has 4 aromatic rings. The molecule has 198 valence electrons. The van der Waals surface area contributed by atoms with E-state index >= 15 is 0 Å². The van der Waals surface area contributed by atoms with Crippen LogP contribution in [0.3, 0.4) is 0 Å². The van der Waals surface area contributed by atoms with Gasteiger partial charge in [0.15, 0.2) is 0 Å². The lowest BCUT2D eigenvalue weighted by atomic mass is 10.1. The van der Waals surface area contributed by atoms with E-state index < -0.39 is 0 Å². The molecule has 6 rings (SSSR count). The summed E-state index contributed by atoms with van der Waals surface area (Å²) in [5, 5.41) is 17.1. The van der Waals surface area contributed by atoms with Gasteiger partial charge in [-0.3, -0.25) is 9.67 Å². The molecular weight excluding hydrogens is 504 g/mol. The number of aryl methyl sites for hydroxylation is 1. The number of fused-ring (bicyclic) bond motifs is 1. The van der Waals surface area contributed by atoms with E-state index in [9.17, 15) is 0 Å². The average Bonchev–Trinajstić information content (AvgIpc) is 3.64. The summed E-state index contributed by atoms with van der Waals surface area (Å²) in [4.78, 5) is 20.3. The number of benzene rings is 1. The summed E-state index contributed by atoms with van der Waals surface area (Å²) in [5.41, 5.74) is 2.64. The first-order valence-electron chi connectivity index (χ1n) is 13.3. The van der Waals surface area contributed by atoms with Crippen LogP contribution in [-0.2, 0) is 13.2 Å². The number of hydrogen-bond acceptors (Lipinski definition) is 10. The molecule has 1 saturated carbocycles. The highest BCUT2D eigenvalue weighted by Crippen LogP contribution is 2.26. The van der Waals surface area contributed by atoms with E-state index in [1.54, 1.807) is 6.20 Å². The van der Waals surface area contributed by atoms with E-state index in [0.29, 0.717) is 29.0 Å². The van der Waals surface area contributed by atoms with E-state index in [-0.39, 0.29) is 6.61 Å². The molecule has 0 amide bonds. The predicted molar refractivity (Wildman–Crippen MR) is 147 cm³/mol. The van der Waals surface area contributed by atoms with Crippen molar-refractivity contribution in [3.05, 3.63) is 47.4 Å². The Kier molecular flexibility index (Phi) is 7.34. The molecular formula is C26H31ClN10O. The van der Waals surface area contributed by atoms with E-state index in [2.05, 4.69) is 45.8 Å². The molecule has 0 radical (unpaired) electrons. The van der Waals surface area contributed by atoms with Crippen molar-refractivity contribution in [3.8, 4) is 6.01 Å². The van der Waals surface area contributed by atoms with Crippen LogP contribution in [-0.4, -0.2) is 60.6 Å². The number of ether oxygens (including phenoxy) is 1. The lowest BCUT2D eigenvalue weighted by molar-refractivity contribution is 0.275. The molecule has 12 heteroatoms. The molecule has 2 N–H and O–H groups in total. The van der Waals surface area contributed by atoms with Crippen LogP contribution in [0.1, 0.15) is 44.2 Å². The summed E-state index contributed by atoms with van der Waals surface area (Å²) in [6.45, 7) is 3.68. The summed E-state index contributed by atoms with van der Waals surface area (Å²) < 4.78 is 7.77. The van der Waals surface area contributed by atoms with Gasteiger partial charge in [-0.25, -0.2) is 0 Å². The van der Waals surface area contributed by atoms with Crippen LogP contribution in [0, 0.1) is 0 Å². The summed E-state index contributed by atoms with van der Waals surface area (Å²) in [5.74, 6) is 1.26. The Hall–Kier alpha value is -3.73. The maximum atomic E-state index is 6.09. The lowest BCUT2D eigenvalue weighted by Crippen LogP contribution is -2.31. The molecule has 1 aliphatic carbocycles. The van der Waals surface area contributed by atoms with Crippen molar-refractivity contribution in [2.75, 3.05) is 35.2 Å². The van der Waals surface area contributed by atoms with Gasteiger partial charge in [-0.15, -0.1) is 5.10 Å². The van der Waals surface area contributed by atoms with Crippen molar-refractivity contribution in [3.63, 3.8) is 0 Å². The second kappa shape index (κ2) is 11.3. The number of pyridine rings is 1. The van der Waals surface area contributed by atoms with Gasteiger partial charge >= 0.3 is 6.01 Å². The summed E-state index contributed by atoms with van der Waals surface area (Å²) in [6.07, 6.45) is 10.4. The molecule has 11 nitrogen and oxygen atoms in total. The first-order valence-corrected chi connectivity index (χ1v) is 13.6. The van der Waals surface area contributed by atoms with Crippen molar-refractivity contribution in [1.82, 2.24) is 34.9 Å². The number of aromatic nitrogens is 7. The van der Waals surface area contributed by atoms with E-state index in [4.69, 9.17) is 16.3 Å². The van der Waals surface area contributed by atoms with Gasteiger partial charge in [0.2, 0.25) is 11.9 Å². The maximum Gasteiger partial charge on any atom is 0.323 e. The number of hydrogen-bond donors (Lipinski definition) is 2. The molecule has 2 aliphatic rings. The largest absolute Gasteiger partial charge is 0.457 e. The topological polar surface area (TPSA) is 119 Å². The first-order chi connectivity index (χ1) is 18.7. The van der Waals surface area contributed by atoms with Crippen LogP contribution in [0.25, 0.3) is 10.9 Å². The lowest BCUT2D eigenvalue weighted by Gasteiger charge is -2.26. The van der Waals surface area contributed by atoms with E-state index in [0.717, 1.165) is 80.6 Å². The normalized spacial score (nSPS) is 15.6. The van der Waals surface area contributed by atoms with Crippen LogP contribution in [0.2, 0.25) is 5.02 Å². The molecule has 1 saturated heterocycles. The van der Waals surface area contributed by atoms with Gasteiger partial charge in [0.05, 0.1) is 11.7 Å². The minimum atomic E-state index is 0.246. The van der Waals surface area contributed by atoms with Crippen LogP contribution >= 0.6 is 11.6 Å². The fourth-order valence-corrected chi connectivity index (χ4v) is 4.68. The number of halogens is 1. The Bertz CT molecular complexity index is 1390. The maximum absolute atomic E-state index is 6.09. The van der Waals surface area contributed by atoms with Crippen molar-refractivity contribution in [1.29, 1.82) is 0 Å². The van der Waals surface area contributed by atoms with Crippen molar-refractivity contribution < 1.29 is 4.74 Å². The minimum Gasteiger partial charge on any atom is -0.457 e. The zero-order chi connectivity index (χ0) is 25.7. The standard InChI is InChI=1S/C26H31ClN10O/c27-18-5-8-21-22(9-11-29-23(21)15-18)28-10-4-14-37-16-20(34-35-37)17-38-26-32-24(30-19-6-7-19)31-25(33-26)36-12-2-1-3-13-36/h5,8-9,11,15-16,19H,1-4,6-7,10,12-14,17H2,(H,28,29)(H,30,31,32,33).